The van der Waals surface area contributed by atoms with Gasteiger partial charge in [-0.05, 0) is 30.2 Å². The number of halogens is 1. The average Bonchev–Trinajstić information content (AvgIpc) is 2.30. The summed E-state index contributed by atoms with van der Waals surface area (Å²) in [7, 11) is 0. The molecule has 0 aromatic heterocycles. The van der Waals surface area contributed by atoms with E-state index in [-0.39, 0.29) is 5.50 Å². The van der Waals surface area contributed by atoms with E-state index in [4.69, 9.17) is 11.6 Å². The van der Waals surface area contributed by atoms with Gasteiger partial charge in [-0.15, -0.1) is 0 Å². The second-order valence-electron chi connectivity index (χ2n) is 3.52. The normalized spacial score (nSPS) is 20.3. The van der Waals surface area contributed by atoms with Crippen LogP contribution < -0.4 is 4.90 Å². The smallest absolute Gasteiger partial charge is 0.130 e. The van der Waals surface area contributed by atoms with Crippen LogP contribution in [0.2, 0.25) is 0 Å². The number of benzene rings is 1. The maximum atomic E-state index is 6.39. The molecule has 15 heavy (non-hydrogen) atoms. The highest BCUT2D eigenvalue weighted by Gasteiger charge is 2.19. The van der Waals surface area contributed by atoms with Crippen LogP contribution in [0.25, 0.3) is 0 Å². The van der Waals surface area contributed by atoms with Crippen LogP contribution in [0.3, 0.4) is 0 Å². The zero-order chi connectivity index (χ0) is 10.7. The Kier molecular flexibility index (Phi) is 3.12. The number of anilines is 1. The molecule has 0 saturated carbocycles. The molecular formula is C13H14ClN. The van der Waals surface area contributed by atoms with Crippen LogP contribution in [0.1, 0.15) is 13.3 Å². The molecule has 1 nitrogen and oxygen atoms in total. The molecule has 0 N–H and O–H groups in total. The fraction of sp³-hybridized carbons (Fsp3) is 0.231. The lowest BCUT2D eigenvalue weighted by Crippen LogP contribution is -2.29. The first-order chi connectivity index (χ1) is 7.33. The molecule has 0 spiro atoms. The summed E-state index contributed by atoms with van der Waals surface area (Å²) < 4.78 is 0. The van der Waals surface area contributed by atoms with Gasteiger partial charge in [0.2, 0.25) is 0 Å². The highest BCUT2D eigenvalue weighted by Crippen LogP contribution is 2.27. The van der Waals surface area contributed by atoms with E-state index in [0.29, 0.717) is 0 Å². The van der Waals surface area contributed by atoms with E-state index in [9.17, 15) is 0 Å². The molecule has 2 heteroatoms. The van der Waals surface area contributed by atoms with E-state index in [1.807, 2.05) is 30.5 Å². The van der Waals surface area contributed by atoms with E-state index in [0.717, 1.165) is 12.1 Å². The van der Waals surface area contributed by atoms with Crippen LogP contribution in [0.15, 0.2) is 54.3 Å². The minimum atomic E-state index is -0.0533. The molecule has 1 unspecified atom stereocenters. The number of para-hydroxylation sites is 1. The third kappa shape index (κ3) is 2.07. The van der Waals surface area contributed by atoms with Crippen LogP contribution in [0.4, 0.5) is 5.69 Å². The van der Waals surface area contributed by atoms with Gasteiger partial charge in [0.1, 0.15) is 5.50 Å². The number of rotatable bonds is 2. The van der Waals surface area contributed by atoms with Crippen molar-refractivity contribution in [2.75, 3.05) is 4.90 Å². The first kappa shape index (κ1) is 10.3. The Balaban J connectivity index is 2.26. The first-order valence-corrected chi connectivity index (χ1v) is 5.61. The summed E-state index contributed by atoms with van der Waals surface area (Å²) in [6.07, 6.45) is 7.15. The topological polar surface area (TPSA) is 3.24 Å². The Bertz CT molecular complexity index is 381. The number of nitrogens with zero attached hydrogens (tertiary/aromatic N) is 1. The van der Waals surface area contributed by atoms with Crippen molar-refractivity contribution in [3.8, 4) is 0 Å². The van der Waals surface area contributed by atoms with E-state index < -0.39 is 0 Å². The zero-order valence-electron chi connectivity index (χ0n) is 8.73. The predicted octanol–water partition coefficient (Wildman–Crippen LogP) is 3.92. The van der Waals surface area contributed by atoms with E-state index >= 15 is 0 Å². The molecule has 2 rings (SSSR count). The van der Waals surface area contributed by atoms with Gasteiger partial charge in [-0.25, -0.2) is 0 Å². The second-order valence-corrected chi connectivity index (χ2v) is 3.93. The molecule has 78 valence electrons. The van der Waals surface area contributed by atoms with Crippen LogP contribution in [0.5, 0.6) is 0 Å². The Hall–Kier alpha value is -1.21. The SMILES string of the molecule is CCC1=CC=CN(c2ccccc2)C1Cl. The van der Waals surface area contributed by atoms with Crippen LogP contribution in [-0.4, -0.2) is 5.50 Å². The van der Waals surface area contributed by atoms with Crippen LogP contribution >= 0.6 is 11.6 Å². The zero-order valence-corrected chi connectivity index (χ0v) is 9.48. The standard InChI is InChI=1S/C13H14ClN/c1-2-11-7-6-10-15(13(11)14)12-8-4-3-5-9-12/h3-10,13H,2H2,1H3. The average molecular weight is 220 g/mol. The van der Waals surface area contributed by atoms with Crippen molar-refractivity contribution in [2.24, 2.45) is 0 Å². The van der Waals surface area contributed by atoms with Gasteiger partial charge in [0.05, 0.1) is 0 Å². The molecule has 0 amide bonds. The maximum absolute atomic E-state index is 6.39. The minimum absolute atomic E-state index is 0.0533. The van der Waals surface area contributed by atoms with Gasteiger partial charge < -0.3 is 4.90 Å². The summed E-state index contributed by atoms with van der Waals surface area (Å²) in [6.45, 7) is 2.13. The van der Waals surface area contributed by atoms with Gasteiger partial charge in [-0.1, -0.05) is 42.8 Å². The van der Waals surface area contributed by atoms with Crippen molar-refractivity contribution < 1.29 is 0 Å². The number of hydrogen-bond donors (Lipinski definition) is 0. The Labute approximate surface area is 95.7 Å². The van der Waals surface area contributed by atoms with Crippen molar-refractivity contribution in [1.82, 2.24) is 0 Å². The third-order valence-electron chi connectivity index (χ3n) is 2.57. The molecule has 1 aromatic rings. The summed E-state index contributed by atoms with van der Waals surface area (Å²) >= 11 is 6.39. The number of hydrogen-bond acceptors (Lipinski definition) is 1. The fourth-order valence-corrected chi connectivity index (χ4v) is 2.10. The summed E-state index contributed by atoms with van der Waals surface area (Å²) in [5, 5.41) is 0. The van der Waals surface area contributed by atoms with Gasteiger partial charge >= 0.3 is 0 Å². The molecule has 1 heterocycles. The molecule has 0 saturated heterocycles. The molecule has 0 fully saturated rings. The molecule has 0 bridgehead atoms. The Morgan fingerprint density at radius 1 is 1.27 bits per heavy atom. The Morgan fingerprint density at radius 2 is 2.00 bits per heavy atom. The molecule has 0 aliphatic carbocycles. The van der Waals surface area contributed by atoms with Gasteiger partial charge in [0, 0.05) is 11.9 Å². The second kappa shape index (κ2) is 4.54. The number of allylic oxidation sites excluding steroid dienone is 2. The van der Waals surface area contributed by atoms with Crippen LogP contribution in [-0.2, 0) is 0 Å². The van der Waals surface area contributed by atoms with Crippen molar-refractivity contribution in [2.45, 2.75) is 18.8 Å². The van der Waals surface area contributed by atoms with Crippen molar-refractivity contribution >= 4 is 17.3 Å². The molecule has 0 radical (unpaired) electrons. The van der Waals surface area contributed by atoms with E-state index in [1.54, 1.807) is 0 Å². The summed E-state index contributed by atoms with van der Waals surface area (Å²) in [4.78, 5) is 2.08. The lowest BCUT2D eigenvalue weighted by Gasteiger charge is -2.30. The monoisotopic (exact) mass is 219 g/mol. The van der Waals surface area contributed by atoms with Gasteiger partial charge in [0.15, 0.2) is 0 Å². The molecule has 1 aliphatic rings. The minimum Gasteiger partial charge on any atom is -0.327 e. The molecular weight excluding hydrogens is 206 g/mol. The summed E-state index contributed by atoms with van der Waals surface area (Å²) in [5.74, 6) is 0. The maximum Gasteiger partial charge on any atom is 0.130 e. The van der Waals surface area contributed by atoms with Gasteiger partial charge in [-0.2, -0.15) is 0 Å². The van der Waals surface area contributed by atoms with Crippen molar-refractivity contribution in [3.63, 3.8) is 0 Å². The Morgan fingerprint density at radius 3 is 2.67 bits per heavy atom. The summed E-state index contributed by atoms with van der Waals surface area (Å²) in [5.41, 5.74) is 2.33. The number of alkyl halides is 1. The predicted molar refractivity (Wildman–Crippen MR) is 66.1 cm³/mol. The molecule has 1 atom stereocenters. The largest absolute Gasteiger partial charge is 0.327 e. The van der Waals surface area contributed by atoms with Crippen molar-refractivity contribution in [3.05, 3.63) is 54.3 Å². The summed E-state index contributed by atoms with van der Waals surface area (Å²) in [6, 6.07) is 10.2. The lowest BCUT2D eigenvalue weighted by atomic mass is 10.1. The lowest BCUT2D eigenvalue weighted by molar-refractivity contribution is 0.886. The highest BCUT2D eigenvalue weighted by molar-refractivity contribution is 6.24. The van der Waals surface area contributed by atoms with E-state index in [2.05, 4.69) is 30.0 Å². The fourth-order valence-electron chi connectivity index (χ4n) is 1.70. The quantitative estimate of drug-likeness (QED) is 0.538. The van der Waals surface area contributed by atoms with E-state index in [1.165, 1.54) is 5.57 Å². The third-order valence-corrected chi connectivity index (χ3v) is 3.06. The molecule has 1 aliphatic heterocycles. The van der Waals surface area contributed by atoms with Crippen LogP contribution in [0, 0.1) is 0 Å². The van der Waals surface area contributed by atoms with Gasteiger partial charge in [-0.3, -0.25) is 0 Å². The van der Waals surface area contributed by atoms with Crippen molar-refractivity contribution in [1.29, 1.82) is 0 Å². The molecule has 1 aromatic carbocycles. The highest BCUT2D eigenvalue weighted by atomic mass is 35.5. The van der Waals surface area contributed by atoms with Gasteiger partial charge in [0.25, 0.3) is 0 Å². The first-order valence-electron chi connectivity index (χ1n) is 5.17.